The van der Waals surface area contributed by atoms with E-state index < -0.39 is 18.0 Å². The molecule has 1 atom stereocenters. The molecule has 0 spiro atoms. The molecule has 2 heterocycles. The second kappa shape index (κ2) is 12.3. The molecule has 1 aliphatic rings. The van der Waals surface area contributed by atoms with Gasteiger partial charge in [0.2, 0.25) is 0 Å². The molecule has 3 N–H and O–H groups in total. The number of carboxylic acid groups (broad SMARTS) is 1. The van der Waals surface area contributed by atoms with Crippen LogP contribution in [-0.2, 0) is 4.79 Å². The first kappa shape index (κ1) is 27.4. The lowest BCUT2D eigenvalue weighted by molar-refractivity contribution is -0.134. The van der Waals surface area contributed by atoms with E-state index in [-0.39, 0.29) is 47.8 Å². The third kappa shape index (κ3) is 6.45. The Kier molecular flexibility index (Phi) is 8.88. The molecule has 1 saturated heterocycles. The Morgan fingerprint density at radius 2 is 1.68 bits per heavy atom. The zero-order chi connectivity index (χ0) is 27.2. The Morgan fingerprint density at radius 3 is 2.34 bits per heavy atom. The number of ether oxygens (including phenoxy) is 2. The van der Waals surface area contributed by atoms with E-state index in [9.17, 15) is 14.0 Å². The highest BCUT2D eigenvalue weighted by Crippen LogP contribution is 2.35. The minimum atomic E-state index is -0.986. The van der Waals surface area contributed by atoms with Gasteiger partial charge in [-0.25, -0.2) is 9.18 Å². The van der Waals surface area contributed by atoms with Crippen molar-refractivity contribution in [1.82, 2.24) is 14.8 Å². The molecule has 200 valence electrons. The first-order valence-electron chi connectivity index (χ1n) is 11.7. The van der Waals surface area contributed by atoms with Gasteiger partial charge in [-0.2, -0.15) is 0 Å². The summed E-state index contributed by atoms with van der Waals surface area (Å²) in [5, 5.41) is 9.12. The number of hydrogen-bond acceptors (Lipinski definition) is 6. The molecule has 1 fully saturated rings. The molecule has 0 aliphatic carbocycles. The maximum absolute atomic E-state index is 14.0. The number of aromatic nitrogens is 1. The normalized spacial score (nSPS) is 14.2. The number of halogens is 3. The lowest BCUT2D eigenvalue weighted by Crippen LogP contribution is -2.51. The zero-order valence-electron chi connectivity index (χ0n) is 20.1. The average Bonchev–Trinajstić information content (AvgIpc) is 2.93. The van der Waals surface area contributed by atoms with Crippen LogP contribution in [0.5, 0.6) is 11.5 Å². The van der Waals surface area contributed by atoms with Crippen molar-refractivity contribution in [2.75, 3.05) is 39.3 Å². The van der Waals surface area contributed by atoms with Gasteiger partial charge in [0.15, 0.2) is 6.61 Å². The third-order valence-corrected chi connectivity index (χ3v) is 6.77. The fourth-order valence-corrected chi connectivity index (χ4v) is 4.61. The molecule has 2 aromatic carbocycles. The van der Waals surface area contributed by atoms with Crippen LogP contribution in [0, 0.1) is 5.82 Å². The molecule has 4 rings (SSSR count). The molecular weight excluding hydrogens is 538 g/mol. The quantitative estimate of drug-likeness (QED) is 0.388. The van der Waals surface area contributed by atoms with Gasteiger partial charge in [0.1, 0.15) is 23.4 Å². The summed E-state index contributed by atoms with van der Waals surface area (Å²) in [5.41, 5.74) is 7.70. The van der Waals surface area contributed by atoms with E-state index in [1.54, 1.807) is 29.3 Å². The molecule has 0 radical (unpaired) electrons. The molecule has 0 bridgehead atoms. The molecule has 0 saturated carbocycles. The minimum Gasteiger partial charge on any atom is -0.484 e. The summed E-state index contributed by atoms with van der Waals surface area (Å²) in [6.07, 6.45) is 1.39. The summed E-state index contributed by atoms with van der Waals surface area (Å²) >= 11 is 12.3. The van der Waals surface area contributed by atoms with Gasteiger partial charge < -0.3 is 30.1 Å². The van der Waals surface area contributed by atoms with E-state index in [1.165, 1.54) is 23.2 Å². The van der Waals surface area contributed by atoms with E-state index in [1.807, 2.05) is 12.1 Å². The average molecular weight is 563 g/mol. The van der Waals surface area contributed by atoms with Crippen LogP contribution < -0.4 is 15.2 Å². The predicted molar refractivity (Wildman–Crippen MR) is 140 cm³/mol. The Balaban J connectivity index is 1.38. The fraction of sp³-hybridized carbons (Fsp3) is 0.269. The molecule has 2 amide bonds. The summed E-state index contributed by atoms with van der Waals surface area (Å²) in [6.45, 7) is 1.08. The van der Waals surface area contributed by atoms with Crippen molar-refractivity contribution in [3.63, 3.8) is 0 Å². The summed E-state index contributed by atoms with van der Waals surface area (Å²) in [6, 6.07) is 11.4. The molecular formula is C26H25Cl2FN4O5. The largest absolute Gasteiger partial charge is 0.484 e. The molecule has 12 heteroatoms. The van der Waals surface area contributed by atoms with Gasteiger partial charge in [0, 0.05) is 55.1 Å². The number of benzene rings is 2. The zero-order valence-corrected chi connectivity index (χ0v) is 21.7. The van der Waals surface area contributed by atoms with E-state index in [2.05, 4.69) is 4.98 Å². The van der Waals surface area contributed by atoms with Gasteiger partial charge in [0.25, 0.3) is 5.91 Å². The molecule has 1 aromatic heterocycles. The highest BCUT2D eigenvalue weighted by molar-refractivity contribution is 6.36. The smallest absolute Gasteiger partial charge is 0.407 e. The van der Waals surface area contributed by atoms with Gasteiger partial charge in [0.05, 0.1) is 11.2 Å². The Hall–Kier alpha value is -3.60. The summed E-state index contributed by atoms with van der Waals surface area (Å²) in [4.78, 5) is 30.5. The van der Waals surface area contributed by atoms with Crippen LogP contribution in [0.1, 0.15) is 11.7 Å². The first-order chi connectivity index (χ1) is 18.3. The van der Waals surface area contributed by atoms with Crippen LogP contribution in [0.3, 0.4) is 0 Å². The van der Waals surface area contributed by atoms with Gasteiger partial charge in [-0.3, -0.25) is 9.78 Å². The van der Waals surface area contributed by atoms with Crippen molar-refractivity contribution in [2.45, 2.75) is 6.10 Å². The lowest BCUT2D eigenvalue weighted by Gasteiger charge is -2.33. The number of nitrogens with two attached hydrogens (primary N) is 1. The highest BCUT2D eigenvalue weighted by Gasteiger charge is 2.24. The summed E-state index contributed by atoms with van der Waals surface area (Å²) in [7, 11) is 0. The van der Waals surface area contributed by atoms with Crippen molar-refractivity contribution in [2.24, 2.45) is 5.73 Å². The topological polar surface area (TPSA) is 118 Å². The van der Waals surface area contributed by atoms with Crippen LogP contribution in [0.15, 0.2) is 54.9 Å². The third-order valence-electron chi connectivity index (χ3n) is 6.06. The number of carbonyl (C=O) groups is 2. The number of piperazine rings is 1. The molecule has 1 aliphatic heterocycles. The molecule has 9 nitrogen and oxygen atoms in total. The molecule has 1 unspecified atom stereocenters. The van der Waals surface area contributed by atoms with E-state index in [0.717, 1.165) is 11.1 Å². The monoisotopic (exact) mass is 562 g/mol. The minimum absolute atomic E-state index is 0.00706. The maximum Gasteiger partial charge on any atom is 0.407 e. The number of hydrogen-bond donors (Lipinski definition) is 2. The van der Waals surface area contributed by atoms with Gasteiger partial charge in [-0.1, -0.05) is 35.3 Å². The summed E-state index contributed by atoms with van der Waals surface area (Å²) in [5.74, 6) is 0.0689. The van der Waals surface area contributed by atoms with Gasteiger partial charge in [-0.15, -0.1) is 0 Å². The van der Waals surface area contributed by atoms with Crippen molar-refractivity contribution in [3.8, 4) is 22.6 Å². The van der Waals surface area contributed by atoms with Crippen LogP contribution in [0.4, 0.5) is 9.18 Å². The van der Waals surface area contributed by atoms with E-state index in [0.29, 0.717) is 24.6 Å². The van der Waals surface area contributed by atoms with Crippen LogP contribution >= 0.6 is 23.2 Å². The fourth-order valence-electron chi connectivity index (χ4n) is 4.00. The van der Waals surface area contributed by atoms with Crippen molar-refractivity contribution >= 4 is 35.2 Å². The number of carbonyl (C=O) groups excluding carboxylic acids is 1. The molecule has 3 aromatic rings. The lowest BCUT2D eigenvalue weighted by atomic mass is 10.1. The van der Waals surface area contributed by atoms with Crippen LogP contribution in [0.25, 0.3) is 11.1 Å². The van der Waals surface area contributed by atoms with Gasteiger partial charge in [-0.05, 0) is 35.9 Å². The number of nitrogens with zero attached hydrogens (tertiary/aromatic N) is 3. The Morgan fingerprint density at radius 1 is 1.00 bits per heavy atom. The standard InChI is InChI=1S/C26H25Cl2FN4O5/c27-20-5-6-21(29)25(28)24(20)22(12-30)38-19-11-17(13-31-14-19)16-1-3-18(4-2-16)37-15-23(34)32-7-9-33(10-8-32)26(35)36/h1-6,11,13-14,22H,7-10,12,15,30H2,(H,35,36). The van der Waals surface area contributed by atoms with Crippen molar-refractivity contribution in [3.05, 3.63) is 76.3 Å². The van der Waals surface area contributed by atoms with Crippen molar-refractivity contribution in [1.29, 1.82) is 0 Å². The van der Waals surface area contributed by atoms with Crippen LogP contribution in [0.2, 0.25) is 10.0 Å². The maximum atomic E-state index is 14.0. The first-order valence-corrected chi connectivity index (χ1v) is 12.5. The van der Waals surface area contributed by atoms with Crippen molar-refractivity contribution < 1.29 is 28.6 Å². The number of amides is 2. The number of pyridine rings is 1. The van der Waals surface area contributed by atoms with E-state index in [4.69, 9.17) is 43.5 Å². The van der Waals surface area contributed by atoms with Gasteiger partial charge >= 0.3 is 6.09 Å². The van der Waals surface area contributed by atoms with Crippen LogP contribution in [-0.4, -0.2) is 71.2 Å². The highest BCUT2D eigenvalue weighted by atomic mass is 35.5. The van der Waals surface area contributed by atoms with E-state index >= 15 is 0 Å². The SMILES string of the molecule is NCC(Oc1cncc(-c2ccc(OCC(=O)N3CCN(C(=O)O)CC3)cc2)c1)c1c(Cl)ccc(F)c1Cl. The predicted octanol–water partition coefficient (Wildman–Crippen LogP) is 4.47. The second-order valence-electron chi connectivity index (χ2n) is 8.47. The molecule has 38 heavy (non-hydrogen) atoms. The second-order valence-corrected chi connectivity index (χ2v) is 9.26. The Labute approximate surface area is 228 Å². The Bertz CT molecular complexity index is 1300. The number of rotatable bonds is 8. The summed E-state index contributed by atoms with van der Waals surface area (Å²) < 4.78 is 25.6.